The number of benzene rings is 3. The van der Waals surface area contributed by atoms with E-state index in [1.165, 1.54) is 38.6 Å². The zero-order valence-corrected chi connectivity index (χ0v) is 19.3. The first-order valence-corrected chi connectivity index (χ1v) is 11.0. The molecule has 0 radical (unpaired) electrons. The molecule has 31 heavy (non-hydrogen) atoms. The molecular formula is C30H32N+. The lowest BCUT2D eigenvalue weighted by Gasteiger charge is -2.49. The highest BCUT2D eigenvalue weighted by Gasteiger charge is 2.46. The maximum Gasteiger partial charge on any atom is 0.212 e. The lowest BCUT2D eigenvalue weighted by molar-refractivity contribution is -0.660. The van der Waals surface area contributed by atoms with Crippen LogP contribution in [0.1, 0.15) is 54.1 Å². The van der Waals surface area contributed by atoms with Crippen LogP contribution in [0.2, 0.25) is 0 Å². The summed E-state index contributed by atoms with van der Waals surface area (Å²) < 4.78 is 25.3. The fourth-order valence-corrected chi connectivity index (χ4v) is 5.35. The third kappa shape index (κ3) is 2.72. The van der Waals surface area contributed by atoms with Gasteiger partial charge >= 0.3 is 0 Å². The van der Waals surface area contributed by atoms with Gasteiger partial charge in [0.05, 0.1) is 0 Å². The molecule has 1 nitrogen and oxygen atoms in total. The lowest BCUT2D eigenvalue weighted by atomic mass is 9.54. The van der Waals surface area contributed by atoms with Gasteiger partial charge in [-0.25, -0.2) is 4.57 Å². The zero-order chi connectivity index (χ0) is 24.6. The molecule has 1 heterocycles. The van der Waals surface area contributed by atoms with E-state index in [0.29, 0.717) is 5.56 Å². The molecule has 0 saturated heterocycles. The Hall–Kier alpha value is -2.93. The summed E-state index contributed by atoms with van der Waals surface area (Å²) in [5.41, 5.74) is 8.93. The molecule has 0 amide bonds. The molecule has 4 aromatic rings. The first kappa shape index (κ1) is 16.7. The molecule has 156 valence electrons. The van der Waals surface area contributed by atoms with Crippen LogP contribution < -0.4 is 4.57 Å². The minimum Gasteiger partial charge on any atom is -0.201 e. The molecule has 0 unspecified atom stereocenters. The van der Waals surface area contributed by atoms with E-state index in [1.54, 1.807) is 12.3 Å². The van der Waals surface area contributed by atoms with Gasteiger partial charge < -0.3 is 0 Å². The smallest absolute Gasteiger partial charge is 0.201 e. The van der Waals surface area contributed by atoms with Gasteiger partial charge in [-0.05, 0) is 75.3 Å². The number of aromatic nitrogens is 1. The molecule has 1 heteroatoms. The van der Waals surface area contributed by atoms with Gasteiger partial charge in [-0.2, -0.15) is 0 Å². The van der Waals surface area contributed by atoms with Crippen LogP contribution in [0.3, 0.4) is 0 Å². The summed E-state index contributed by atoms with van der Waals surface area (Å²) in [4.78, 5) is 0. The molecule has 0 N–H and O–H groups in total. The van der Waals surface area contributed by atoms with Gasteiger partial charge in [0.25, 0.3) is 0 Å². The van der Waals surface area contributed by atoms with Gasteiger partial charge in [0.15, 0.2) is 6.20 Å². The van der Waals surface area contributed by atoms with E-state index in [4.69, 9.17) is 4.11 Å². The van der Waals surface area contributed by atoms with Crippen molar-refractivity contribution >= 4 is 10.8 Å². The number of hydrogen-bond donors (Lipinski definition) is 0. The Balaban J connectivity index is 1.84. The Kier molecular flexibility index (Phi) is 3.52. The number of hydrogen-bond acceptors (Lipinski definition) is 0. The van der Waals surface area contributed by atoms with E-state index in [-0.39, 0.29) is 10.8 Å². The van der Waals surface area contributed by atoms with E-state index in [9.17, 15) is 0 Å². The molecule has 0 fully saturated rings. The van der Waals surface area contributed by atoms with Crippen LogP contribution in [-0.2, 0) is 17.9 Å². The van der Waals surface area contributed by atoms with Crippen LogP contribution in [0.25, 0.3) is 33.2 Å². The van der Waals surface area contributed by atoms with Crippen molar-refractivity contribution in [3.63, 3.8) is 0 Å². The summed E-state index contributed by atoms with van der Waals surface area (Å²) in [6, 6.07) is 21.6. The van der Waals surface area contributed by atoms with Crippen LogP contribution >= 0.6 is 0 Å². The third-order valence-electron chi connectivity index (χ3n) is 7.88. The predicted molar refractivity (Wildman–Crippen MR) is 132 cm³/mol. The van der Waals surface area contributed by atoms with Crippen molar-refractivity contribution < 1.29 is 8.68 Å². The number of aryl methyl sites for hydroxylation is 3. The van der Waals surface area contributed by atoms with Gasteiger partial charge in [-0.3, -0.25) is 0 Å². The van der Waals surface area contributed by atoms with Gasteiger partial charge in [0, 0.05) is 21.3 Å². The predicted octanol–water partition coefficient (Wildman–Crippen LogP) is 7.18. The molecule has 0 spiro atoms. The molecule has 1 aliphatic carbocycles. The summed E-state index contributed by atoms with van der Waals surface area (Å²) in [7, 11) is 1.93. The molecule has 5 rings (SSSR count). The van der Waals surface area contributed by atoms with E-state index in [1.807, 2.05) is 17.7 Å². The largest absolute Gasteiger partial charge is 0.212 e. The molecule has 1 aliphatic rings. The van der Waals surface area contributed by atoms with E-state index in [2.05, 4.69) is 83.1 Å². The van der Waals surface area contributed by atoms with Crippen LogP contribution in [0.4, 0.5) is 0 Å². The molecular weight excluding hydrogens is 374 g/mol. The highest BCUT2D eigenvalue weighted by molar-refractivity contribution is 6.01. The number of rotatable bonds is 1. The van der Waals surface area contributed by atoms with E-state index in [0.717, 1.165) is 11.3 Å². The first-order chi connectivity index (χ1) is 15.8. The van der Waals surface area contributed by atoms with E-state index < -0.39 is 6.85 Å². The Morgan fingerprint density at radius 1 is 0.806 bits per heavy atom. The summed E-state index contributed by atoms with van der Waals surface area (Å²) in [6.07, 6.45) is 1.73. The standard InChI is InChI=1S/C30H32N/c1-19-12-15-27(31(7)18-19)23-17-24-26(16-20(23)2)30(5,6)29(3,4)25-14-13-21-10-8-9-11-22(21)28(24)25/h8-18H,1-7H3/q+1/i1D3. The van der Waals surface area contributed by atoms with Gasteiger partial charge in [0.1, 0.15) is 7.05 Å². The van der Waals surface area contributed by atoms with Crippen molar-refractivity contribution in [1.82, 2.24) is 0 Å². The molecule has 0 atom stereocenters. The number of pyridine rings is 1. The summed E-state index contributed by atoms with van der Waals surface area (Å²) in [6.45, 7) is 9.48. The van der Waals surface area contributed by atoms with Crippen molar-refractivity contribution in [2.45, 2.75) is 52.3 Å². The van der Waals surface area contributed by atoms with Crippen molar-refractivity contribution in [2.75, 3.05) is 0 Å². The summed E-state index contributed by atoms with van der Waals surface area (Å²) >= 11 is 0. The zero-order valence-electron chi connectivity index (χ0n) is 22.3. The lowest BCUT2D eigenvalue weighted by Crippen LogP contribution is -2.43. The van der Waals surface area contributed by atoms with Crippen molar-refractivity contribution in [1.29, 1.82) is 0 Å². The normalized spacial score (nSPS) is 17.9. The Labute approximate surface area is 190 Å². The van der Waals surface area contributed by atoms with Crippen molar-refractivity contribution in [3.8, 4) is 22.4 Å². The Morgan fingerprint density at radius 3 is 2.29 bits per heavy atom. The summed E-state index contributed by atoms with van der Waals surface area (Å²) in [5.74, 6) is 0. The third-order valence-corrected chi connectivity index (χ3v) is 7.88. The highest BCUT2D eigenvalue weighted by Crippen LogP contribution is 2.56. The molecule has 3 aromatic carbocycles. The topological polar surface area (TPSA) is 3.88 Å². The first-order valence-electron chi connectivity index (χ1n) is 12.5. The van der Waals surface area contributed by atoms with Crippen LogP contribution in [0.5, 0.6) is 0 Å². The van der Waals surface area contributed by atoms with Crippen LogP contribution in [-0.4, -0.2) is 0 Å². The second-order valence-corrected chi connectivity index (χ2v) is 10.1. The van der Waals surface area contributed by atoms with E-state index >= 15 is 0 Å². The maximum absolute atomic E-state index is 7.77. The van der Waals surface area contributed by atoms with Crippen molar-refractivity contribution in [2.24, 2.45) is 7.05 Å². The van der Waals surface area contributed by atoms with Gasteiger partial charge in [0.2, 0.25) is 5.69 Å². The minimum atomic E-state index is -2.12. The fourth-order valence-electron chi connectivity index (χ4n) is 5.35. The maximum atomic E-state index is 7.77. The highest BCUT2D eigenvalue weighted by atomic mass is 14.9. The van der Waals surface area contributed by atoms with Gasteiger partial charge in [-0.15, -0.1) is 0 Å². The monoisotopic (exact) mass is 409 g/mol. The fraction of sp³-hybridized carbons (Fsp3) is 0.300. The second-order valence-electron chi connectivity index (χ2n) is 10.1. The van der Waals surface area contributed by atoms with Crippen LogP contribution in [0.15, 0.2) is 66.9 Å². The molecule has 0 bridgehead atoms. The van der Waals surface area contributed by atoms with Gasteiger partial charge in [-0.1, -0.05) is 70.2 Å². The average Bonchev–Trinajstić information content (AvgIpc) is 2.77. The minimum absolute atomic E-state index is 0.0423. The number of nitrogens with zero attached hydrogens (tertiary/aromatic N) is 1. The quantitative estimate of drug-likeness (QED) is 0.293. The SMILES string of the molecule is [2H]C([2H])([2H])c1ccc(-c2cc3c(cc2C)C(C)(C)C(C)(C)c2ccc4ccccc4c2-3)[n+](C)c1. The molecule has 0 saturated carbocycles. The average molecular weight is 410 g/mol. The summed E-state index contributed by atoms with van der Waals surface area (Å²) in [5, 5.41) is 2.53. The number of fused-ring (bicyclic) bond motifs is 5. The van der Waals surface area contributed by atoms with Crippen LogP contribution in [0, 0.1) is 13.8 Å². The Morgan fingerprint density at radius 2 is 1.55 bits per heavy atom. The Bertz CT molecular complexity index is 1460. The molecule has 0 aliphatic heterocycles. The molecule has 1 aromatic heterocycles. The second kappa shape index (κ2) is 6.53. The van der Waals surface area contributed by atoms with Crippen molar-refractivity contribution in [3.05, 3.63) is 89.1 Å².